The summed E-state index contributed by atoms with van der Waals surface area (Å²) in [5.74, 6) is 0.649. The fourth-order valence-electron chi connectivity index (χ4n) is 3.41. The second-order valence-corrected chi connectivity index (χ2v) is 7.79. The number of aromatic nitrogens is 2. The molecule has 0 spiro atoms. The first-order valence-electron chi connectivity index (χ1n) is 9.66. The molecule has 3 aromatic heterocycles. The summed E-state index contributed by atoms with van der Waals surface area (Å²) in [7, 11) is 0. The fraction of sp³-hybridized carbons (Fsp3) is 0.227. The minimum atomic E-state index is -0.311. The van der Waals surface area contributed by atoms with Gasteiger partial charge in [0.05, 0.1) is 24.2 Å². The first-order valence-corrected chi connectivity index (χ1v) is 10.5. The molecule has 8 heteroatoms. The Labute approximate surface area is 176 Å². The molecular formula is C22H19N3O4S. The molecule has 1 saturated heterocycles. The molecular weight excluding hydrogens is 402 g/mol. The van der Waals surface area contributed by atoms with Crippen molar-refractivity contribution in [2.75, 3.05) is 31.2 Å². The van der Waals surface area contributed by atoms with Crippen LogP contribution in [0.15, 0.2) is 63.4 Å². The maximum absolute atomic E-state index is 12.8. The Bertz CT molecular complexity index is 1200. The number of pyridine rings is 1. The molecule has 1 aromatic carbocycles. The lowest BCUT2D eigenvalue weighted by Gasteiger charge is -2.26. The van der Waals surface area contributed by atoms with Gasteiger partial charge in [-0.15, -0.1) is 11.3 Å². The highest BCUT2D eigenvalue weighted by molar-refractivity contribution is 7.13. The molecule has 4 aromatic rings. The summed E-state index contributed by atoms with van der Waals surface area (Å²) in [5, 5.41) is 2.42. The topological polar surface area (TPSA) is 77.7 Å². The van der Waals surface area contributed by atoms with Gasteiger partial charge in [0.2, 0.25) is 0 Å². The van der Waals surface area contributed by atoms with Gasteiger partial charge in [-0.1, -0.05) is 12.1 Å². The number of hydrogen-bond acceptors (Lipinski definition) is 8. The van der Waals surface area contributed by atoms with E-state index in [-0.39, 0.29) is 5.56 Å². The fourth-order valence-corrected chi connectivity index (χ4v) is 4.18. The molecule has 4 heterocycles. The zero-order valence-corrected chi connectivity index (χ0v) is 16.9. The van der Waals surface area contributed by atoms with Gasteiger partial charge in [0.25, 0.3) is 5.56 Å². The molecule has 7 nitrogen and oxygen atoms in total. The van der Waals surface area contributed by atoms with Gasteiger partial charge in [0.1, 0.15) is 12.4 Å². The van der Waals surface area contributed by atoms with Crippen molar-refractivity contribution in [2.24, 2.45) is 0 Å². The summed E-state index contributed by atoms with van der Waals surface area (Å²) in [6, 6.07) is 11.6. The van der Waals surface area contributed by atoms with Crippen LogP contribution in [0.4, 0.5) is 6.01 Å². The van der Waals surface area contributed by atoms with E-state index in [1.807, 2.05) is 34.5 Å². The summed E-state index contributed by atoms with van der Waals surface area (Å²) in [6.45, 7) is 2.79. The Hall–Kier alpha value is -3.23. The first-order chi connectivity index (χ1) is 14.8. The van der Waals surface area contributed by atoms with Crippen molar-refractivity contribution in [3.8, 4) is 16.2 Å². The minimum Gasteiger partial charge on any atom is -0.488 e. The third-order valence-electron chi connectivity index (χ3n) is 4.91. The maximum atomic E-state index is 12.8. The van der Waals surface area contributed by atoms with Gasteiger partial charge in [0, 0.05) is 35.9 Å². The molecule has 0 aliphatic carbocycles. The van der Waals surface area contributed by atoms with Crippen LogP contribution in [-0.2, 0) is 11.3 Å². The van der Waals surface area contributed by atoms with E-state index >= 15 is 0 Å². The lowest BCUT2D eigenvalue weighted by atomic mass is 10.1. The quantitative estimate of drug-likeness (QED) is 0.486. The van der Waals surface area contributed by atoms with Crippen LogP contribution in [0, 0.1) is 0 Å². The van der Waals surface area contributed by atoms with Gasteiger partial charge in [-0.2, -0.15) is 4.98 Å². The molecule has 1 aliphatic rings. The van der Waals surface area contributed by atoms with Crippen molar-refractivity contribution < 1.29 is 13.9 Å². The normalized spacial score (nSPS) is 14.2. The molecule has 5 rings (SSSR count). The standard InChI is InChI=1S/C22H19N3O4S/c26-21-16-5-6-17(28-14-15-3-1-7-23-13-15)19(18-4-2-12-30-18)20(16)29-22(24-21)25-8-10-27-11-9-25/h1-7,12-13H,8-11,14H2. The summed E-state index contributed by atoms with van der Waals surface area (Å²) in [6.07, 6.45) is 3.50. The number of nitrogens with zero attached hydrogens (tertiary/aromatic N) is 3. The van der Waals surface area contributed by atoms with E-state index in [1.165, 1.54) is 0 Å². The van der Waals surface area contributed by atoms with Gasteiger partial charge in [0.15, 0.2) is 5.58 Å². The molecule has 0 amide bonds. The summed E-state index contributed by atoms with van der Waals surface area (Å²) >= 11 is 1.57. The number of benzene rings is 1. The molecule has 0 bridgehead atoms. The van der Waals surface area contributed by atoms with Crippen LogP contribution in [0.1, 0.15) is 5.56 Å². The van der Waals surface area contributed by atoms with Crippen molar-refractivity contribution in [2.45, 2.75) is 6.61 Å². The molecule has 1 fully saturated rings. The number of anilines is 1. The Balaban J connectivity index is 1.63. The Kier molecular flexibility index (Phi) is 5.17. The van der Waals surface area contributed by atoms with E-state index in [1.54, 1.807) is 35.9 Å². The second-order valence-electron chi connectivity index (χ2n) is 6.84. The average molecular weight is 421 g/mol. The van der Waals surface area contributed by atoms with E-state index in [0.717, 1.165) is 16.0 Å². The molecule has 0 radical (unpaired) electrons. The van der Waals surface area contributed by atoms with Crippen LogP contribution in [-0.4, -0.2) is 36.3 Å². The molecule has 0 saturated carbocycles. The first kappa shape index (κ1) is 18.8. The molecule has 0 unspecified atom stereocenters. The van der Waals surface area contributed by atoms with E-state index in [2.05, 4.69) is 9.97 Å². The number of morpholine rings is 1. The van der Waals surface area contributed by atoms with Gasteiger partial charge < -0.3 is 18.8 Å². The van der Waals surface area contributed by atoms with E-state index in [4.69, 9.17) is 13.9 Å². The molecule has 1 aliphatic heterocycles. The van der Waals surface area contributed by atoms with Crippen molar-refractivity contribution in [3.63, 3.8) is 0 Å². The largest absolute Gasteiger partial charge is 0.488 e. The van der Waals surface area contributed by atoms with Crippen LogP contribution >= 0.6 is 11.3 Å². The van der Waals surface area contributed by atoms with Crippen molar-refractivity contribution in [1.29, 1.82) is 0 Å². The highest BCUT2D eigenvalue weighted by atomic mass is 32.1. The number of rotatable bonds is 5. The monoisotopic (exact) mass is 421 g/mol. The van der Waals surface area contributed by atoms with E-state index in [0.29, 0.717) is 55.6 Å². The number of hydrogen-bond donors (Lipinski definition) is 0. The summed E-state index contributed by atoms with van der Waals surface area (Å²) in [5.41, 5.74) is 1.90. The van der Waals surface area contributed by atoms with Crippen LogP contribution in [0.5, 0.6) is 5.75 Å². The second kappa shape index (κ2) is 8.25. The molecule has 0 atom stereocenters. The predicted molar refractivity (Wildman–Crippen MR) is 115 cm³/mol. The van der Waals surface area contributed by atoms with Crippen LogP contribution in [0.2, 0.25) is 0 Å². The van der Waals surface area contributed by atoms with Crippen molar-refractivity contribution in [3.05, 3.63) is 70.1 Å². The van der Waals surface area contributed by atoms with Crippen LogP contribution < -0.4 is 15.2 Å². The van der Waals surface area contributed by atoms with Gasteiger partial charge >= 0.3 is 6.01 Å². The van der Waals surface area contributed by atoms with Crippen molar-refractivity contribution >= 4 is 28.3 Å². The molecule has 152 valence electrons. The predicted octanol–water partition coefficient (Wildman–Crippen LogP) is 3.73. The Morgan fingerprint density at radius 3 is 2.80 bits per heavy atom. The third-order valence-corrected chi connectivity index (χ3v) is 5.79. The zero-order valence-electron chi connectivity index (χ0n) is 16.1. The minimum absolute atomic E-state index is 0.311. The van der Waals surface area contributed by atoms with Crippen LogP contribution in [0.25, 0.3) is 21.4 Å². The van der Waals surface area contributed by atoms with E-state index < -0.39 is 0 Å². The van der Waals surface area contributed by atoms with Gasteiger partial charge in [-0.3, -0.25) is 9.78 Å². The lowest BCUT2D eigenvalue weighted by molar-refractivity contribution is 0.120. The van der Waals surface area contributed by atoms with Crippen LogP contribution in [0.3, 0.4) is 0 Å². The molecule has 30 heavy (non-hydrogen) atoms. The third kappa shape index (κ3) is 3.67. The van der Waals surface area contributed by atoms with E-state index in [9.17, 15) is 4.79 Å². The summed E-state index contributed by atoms with van der Waals surface area (Å²) in [4.78, 5) is 24.0. The maximum Gasteiger partial charge on any atom is 0.301 e. The zero-order chi connectivity index (χ0) is 20.3. The smallest absolute Gasteiger partial charge is 0.301 e. The lowest BCUT2D eigenvalue weighted by Crippen LogP contribution is -2.37. The van der Waals surface area contributed by atoms with Gasteiger partial charge in [-0.05, 0) is 29.6 Å². The Morgan fingerprint density at radius 2 is 2.03 bits per heavy atom. The SMILES string of the molecule is O=c1nc(N2CCOCC2)oc2c(-c3cccs3)c(OCc3cccnc3)ccc12. The average Bonchev–Trinajstić information content (AvgIpc) is 3.33. The number of ether oxygens (including phenoxy) is 2. The van der Waals surface area contributed by atoms with Gasteiger partial charge in [-0.25, -0.2) is 0 Å². The van der Waals surface area contributed by atoms with Crippen molar-refractivity contribution in [1.82, 2.24) is 9.97 Å². The molecule has 0 N–H and O–H groups in total. The highest BCUT2D eigenvalue weighted by Gasteiger charge is 2.21. The number of fused-ring (bicyclic) bond motifs is 1. The highest BCUT2D eigenvalue weighted by Crippen LogP contribution is 2.39. The number of thiophene rings is 1. The summed E-state index contributed by atoms with van der Waals surface area (Å²) < 4.78 is 17.7. The Morgan fingerprint density at radius 1 is 1.13 bits per heavy atom.